The molecule has 0 aromatic heterocycles. The van der Waals surface area contributed by atoms with Gasteiger partial charge in [-0.1, -0.05) is 56.1 Å². The molecule has 1 nitrogen and oxygen atoms in total. The van der Waals surface area contributed by atoms with E-state index in [9.17, 15) is 0 Å². The first kappa shape index (κ1) is 15.7. The van der Waals surface area contributed by atoms with Gasteiger partial charge < -0.3 is 0 Å². The number of rotatable bonds is 5. The van der Waals surface area contributed by atoms with Gasteiger partial charge in [0.25, 0.3) is 0 Å². The van der Waals surface area contributed by atoms with Crippen LogP contribution in [0.4, 0.5) is 0 Å². The maximum atomic E-state index is 3.48. The lowest BCUT2D eigenvalue weighted by Gasteiger charge is -2.26. The van der Waals surface area contributed by atoms with Gasteiger partial charge in [0.05, 0.1) is 0 Å². The summed E-state index contributed by atoms with van der Waals surface area (Å²) in [6, 6.07) is 17.7. The first-order valence-electron chi connectivity index (χ1n) is 6.77. The summed E-state index contributed by atoms with van der Waals surface area (Å²) >= 11 is 6.97. The Morgan fingerprint density at radius 1 is 0.750 bits per heavy atom. The van der Waals surface area contributed by atoms with Gasteiger partial charge in [0.2, 0.25) is 0 Å². The van der Waals surface area contributed by atoms with E-state index in [4.69, 9.17) is 0 Å². The SMILES string of the molecule is CC(C)N(Cc1ccc(Br)cc1)Cc1ccc(Br)cc1. The van der Waals surface area contributed by atoms with E-state index in [1.165, 1.54) is 11.1 Å². The quantitative estimate of drug-likeness (QED) is 0.633. The molecule has 106 valence electrons. The Kier molecular flexibility index (Phi) is 5.82. The zero-order valence-electron chi connectivity index (χ0n) is 11.8. The van der Waals surface area contributed by atoms with Crippen molar-refractivity contribution in [2.24, 2.45) is 0 Å². The third-order valence-electron chi connectivity index (χ3n) is 3.33. The number of benzene rings is 2. The summed E-state index contributed by atoms with van der Waals surface area (Å²) in [6.07, 6.45) is 0. The van der Waals surface area contributed by atoms with Crippen molar-refractivity contribution in [3.63, 3.8) is 0 Å². The van der Waals surface area contributed by atoms with E-state index in [1.54, 1.807) is 0 Å². The fourth-order valence-electron chi connectivity index (χ4n) is 2.07. The van der Waals surface area contributed by atoms with Gasteiger partial charge in [0.15, 0.2) is 0 Å². The van der Waals surface area contributed by atoms with Crippen molar-refractivity contribution in [1.29, 1.82) is 0 Å². The Bertz CT molecular complexity index is 484. The smallest absolute Gasteiger partial charge is 0.0240 e. The van der Waals surface area contributed by atoms with Gasteiger partial charge >= 0.3 is 0 Å². The van der Waals surface area contributed by atoms with Crippen LogP contribution in [0.15, 0.2) is 57.5 Å². The average Bonchev–Trinajstić information content (AvgIpc) is 2.42. The normalized spacial score (nSPS) is 11.3. The summed E-state index contributed by atoms with van der Waals surface area (Å²) < 4.78 is 2.26. The molecule has 0 aliphatic carbocycles. The highest BCUT2D eigenvalue weighted by Crippen LogP contribution is 2.17. The molecule has 2 aromatic carbocycles. The standard InChI is InChI=1S/C17H19Br2N/c1-13(2)20(11-14-3-7-16(18)8-4-14)12-15-5-9-17(19)10-6-15/h3-10,13H,11-12H2,1-2H3. The Hall–Kier alpha value is -0.640. The molecular weight excluding hydrogens is 378 g/mol. The van der Waals surface area contributed by atoms with E-state index in [0.717, 1.165) is 22.0 Å². The Balaban J connectivity index is 2.07. The van der Waals surface area contributed by atoms with E-state index in [0.29, 0.717) is 6.04 Å². The fourth-order valence-corrected chi connectivity index (χ4v) is 2.60. The molecule has 0 radical (unpaired) electrons. The van der Waals surface area contributed by atoms with E-state index >= 15 is 0 Å². The van der Waals surface area contributed by atoms with Crippen LogP contribution < -0.4 is 0 Å². The lowest BCUT2D eigenvalue weighted by Crippen LogP contribution is -2.29. The molecule has 0 saturated heterocycles. The molecule has 0 heterocycles. The van der Waals surface area contributed by atoms with Gasteiger partial charge in [-0.2, -0.15) is 0 Å². The zero-order chi connectivity index (χ0) is 14.5. The Morgan fingerprint density at radius 3 is 1.40 bits per heavy atom. The number of hydrogen-bond acceptors (Lipinski definition) is 1. The second-order valence-corrected chi connectivity index (χ2v) is 7.08. The van der Waals surface area contributed by atoms with Crippen LogP contribution in [0.2, 0.25) is 0 Å². The van der Waals surface area contributed by atoms with Crippen LogP contribution in [-0.4, -0.2) is 10.9 Å². The van der Waals surface area contributed by atoms with E-state index in [1.807, 2.05) is 0 Å². The summed E-state index contributed by atoms with van der Waals surface area (Å²) in [4.78, 5) is 2.48. The second kappa shape index (κ2) is 7.39. The molecule has 0 N–H and O–H groups in total. The van der Waals surface area contributed by atoms with Crippen molar-refractivity contribution in [2.45, 2.75) is 33.0 Å². The highest BCUT2D eigenvalue weighted by atomic mass is 79.9. The van der Waals surface area contributed by atoms with Crippen LogP contribution in [0.5, 0.6) is 0 Å². The summed E-state index contributed by atoms with van der Waals surface area (Å²) in [6.45, 7) is 6.44. The number of nitrogens with zero attached hydrogens (tertiary/aromatic N) is 1. The molecule has 0 spiro atoms. The first-order chi connectivity index (χ1) is 9.54. The minimum absolute atomic E-state index is 0.516. The number of hydrogen-bond donors (Lipinski definition) is 0. The third kappa shape index (κ3) is 4.72. The topological polar surface area (TPSA) is 3.24 Å². The molecular formula is C17H19Br2N. The van der Waals surface area contributed by atoms with Crippen LogP contribution in [0.1, 0.15) is 25.0 Å². The monoisotopic (exact) mass is 395 g/mol. The lowest BCUT2D eigenvalue weighted by molar-refractivity contribution is 0.203. The molecule has 0 saturated carbocycles. The molecule has 3 heteroatoms. The molecule has 0 bridgehead atoms. The van der Waals surface area contributed by atoms with Gasteiger partial charge in [-0.3, -0.25) is 4.90 Å². The maximum absolute atomic E-state index is 3.48. The van der Waals surface area contributed by atoms with Crippen LogP contribution >= 0.6 is 31.9 Å². The highest BCUT2D eigenvalue weighted by Gasteiger charge is 2.11. The zero-order valence-corrected chi connectivity index (χ0v) is 15.0. The Labute approximate surface area is 138 Å². The number of halogens is 2. The highest BCUT2D eigenvalue weighted by molar-refractivity contribution is 9.10. The fraction of sp³-hybridized carbons (Fsp3) is 0.294. The predicted octanol–water partition coefficient (Wildman–Crippen LogP) is 5.62. The Morgan fingerprint density at radius 2 is 1.10 bits per heavy atom. The van der Waals surface area contributed by atoms with Gasteiger partial charge in [0, 0.05) is 28.1 Å². The van der Waals surface area contributed by atoms with Crippen molar-refractivity contribution in [3.8, 4) is 0 Å². The summed E-state index contributed by atoms with van der Waals surface area (Å²) in [5.41, 5.74) is 2.69. The van der Waals surface area contributed by atoms with E-state index in [-0.39, 0.29) is 0 Å². The van der Waals surface area contributed by atoms with Gasteiger partial charge in [0.1, 0.15) is 0 Å². The second-order valence-electron chi connectivity index (χ2n) is 5.25. The molecule has 20 heavy (non-hydrogen) atoms. The molecule has 2 aromatic rings. The predicted molar refractivity (Wildman–Crippen MR) is 92.7 cm³/mol. The van der Waals surface area contributed by atoms with Crippen molar-refractivity contribution in [2.75, 3.05) is 0 Å². The third-order valence-corrected chi connectivity index (χ3v) is 4.39. The minimum atomic E-state index is 0.516. The minimum Gasteiger partial charge on any atom is -0.292 e. The van der Waals surface area contributed by atoms with Gasteiger partial charge in [-0.15, -0.1) is 0 Å². The molecule has 0 fully saturated rings. The van der Waals surface area contributed by atoms with Crippen molar-refractivity contribution in [1.82, 2.24) is 4.90 Å². The summed E-state index contributed by atoms with van der Waals surface area (Å²) in [7, 11) is 0. The van der Waals surface area contributed by atoms with Crippen molar-refractivity contribution < 1.29 is 0 Å². The molecule has 0 amide bonds. The largest absolute Gasteiger partial charge is 0.292 e. The van der Waals surface area contributed by atoms with Crippen molar-refractivity contribution in [3.05, 3.63) is 68.6 Å². The first-order valence-corrected chi connectivity index (χ1v) is 8.36. The maximum Gasteiger partial charge on any atom is 0.0240 e. The molecule has 0 aliphatic rings. The molecule has 0 atom stereocenters. The van der Waals surface area contributed by atoms with Gasteiger partial charge in [-0.25, -0.2) is 0 Å². The van der Waals surface area contributed by atoms with Crippen LogP contribution in [0.25, 0.3) is 0 Å². The average molecular weight is 397 g/mol. The molecule has 0 unspecified atom stereocenters. The lowest BCUT2D eigenvalue weighted by atomic mass is 10.1. The summed E-state index contributed by atoms with van der Waals surface area (Å²) in [5.74, 6) is 0. The molecule has 0 aliphatic heterocycles. The summed E-state index contributed by atoms with van der Waals surface area (Å²) in [5, 5.41) is 0. The molecule has 2 rings (SSSR count). The van der Waals surface area contributed by atoms with Crippen molar-refractivity contribution >= 4 is 31.9 Å². The van der Waals surface area contributed by atoms with Crippen LogP contribution in [0, 0.1) is 0 Å². The van der Waals surface area contributed by atoms with Gasteiger partial charge in [-0.05, 0) is 49.2 Å². The van der Waals surface area contributed by atoms with E-state index in [2.05, 4.69) is 99.1 Å². The van der Waals surface area contributed by atoms with E-state index < -0.39 is 0 Å². The van der Waals surface area contributed by atoms with Crippen LogP contribution in [-0.2, 0) is 13.1 Å². The van der Waals surface area contributed by atoms with Crippen LogP contribution in [0.3, 0.4) is 0 Å².